The number of benzene rings is 1. The maximum absolute atomic E-state index is 12.5. The van der Waals surface area contributed by atoms with Gasteiger partial charge in [-0.1, -0.05) is 15.9 Å². The third kappa shape index (κ3) is 3.21. The van der Waals surface area contributed by atoms with E-state index in [1.54, 1.807) is 24.3 Å². The SMILES string of the molecule is COC(=O)[C@H]1CCCN(S(=O)(=O)c2ccc(Br)cc2)C1. The van der Waals surface area contributed by atoms with Gasteiger partial charge in [-0.15, -0.1) is 0 Å². The Morgan fingerprint density at radius 1 is 1.35 bits per heavy atom. The molecule has 0 unspecified atom stereocenters. The van der Waals surface area contributed by atoms with Crippen molar-refractivity contribution in [2.75, 3.05) is 20.2 Å². The lowest BCUT2D eigenvalue weighted by Gasteiger charge is -2.30. The molecule has 1 aromatic rings. The van der Waals surface area contributed by atoms with Gasteiger partial charge < -0.3 is 4.74 Å². The summed E-state index contributed by atoms with van der Waals surface area (Å²) in [5.41, 5.74) is 0. The number of methoxy groups -OCH3 is 1. The van der Waals surface area contributed by atoms with Crippen molar-refractivity contribution in [3.63, 3.8) is 0 Å². The zero-order valence-corrected chi connectivity index (χ0v) is 13.5. The topological polar surface area (TPSA) is 63.7 Å². The van der Waals surface area contributed by atoms with E-state index in [1.807, 2.05) is 0 Å². The molecule has 7 heteroatoms. The van der Waals surface area contributed by atoms with Gasteiger partial charge in [-0.25, -0.2) is 8.42 Å². The number of esters is 1. The maximum Gasteiger partial charge on any atom is 0.309 e. The van der Waals surface area contributed by atoms with Gasteiger partial charge in [0.25, 0.3) is 0 Å². The smallest absolute Gasteiger partial charge is 0.309 e. The minimum Gasteiger partial charge on any atom is -0.469 e. The van der Waals surface area contributed by atoms with Crippen molar-refractivity contribution in [1.82, 2.24) is 4.31 Å². The number of carbonyl (C=O) groups is 1. The summed E-state index contributed by atoms with van der Waals surface area (Å²) in [5.74, 6) is -0.723. The second kappa shape index (κ2) is 6.24. The molecule has 0 aromatic heterocycles. The number of hydrogen-bond acceptors (Lipinski definition) is 4. The first-order valence-electron chi connectivity index (χ1n) is 6.28. The first kappa shape index (κ1) is 15.5. The highest BCUT2D eigenvalue weighted by atomic mass is 79.9. The molecule has 5 nitrogen and oxygen atoms in total. The molecule has 0 N–H and O–H groups in total. The molecule has 2 rings (SSSR count). The fraction of sp³-hybridized carbons (Fsp3) is 0.462. The largest absolute Gasteiger partial charge is 0.469 e. The van der Waals surface area contributed by atoms with Crippen LogP contribution in [0.3, 0.4) is 0 Å². The van der Waals surface area contributed by atoms with Crippen LogP contribution in [0, 0.1) is 5.92 Å². The van der Waals surface area contributed by atoms with Gasteiger partial charge in [-0.3, -0.25) is 4.79 Å². The molecular weight excluding hydrogens is 346 g/mol. The predicted octanol–water partition coefficient (Wildman–Crippen LogP) is 2.02. The summed E-state index contributed by atoms with van der Waals surface area (Å²) < 4.78 is 31.9. The fourth-order valence-electron chi connectivity index (χ4n) is 2.28. The first-order valence-corrected chi connectivity index (χ1v) is 8.52. The minimum atomic E-state index is -3.55. The average molecular weight is 362 g/mol. The molecule has 0 saturated carbocycles. The monoisotopic (exact) mass is 361 g/mol. The number of hydrogen-bond donors (Lipinski definition) is 0. The minimum absolute atomic E-state index is 0.186. The fourth-order valence-corrected chi connectivity index (χ4v) is 4.06. The molecule has 110 valence electrons. The van der Waals surface area contributed by atoms with Crippen molar-refractivity contribution < 1.29 is 17.9 Å². The van der Waals surface area contributed by atoms with E-state index in [2.05, 4.69) is 15.9 Å². The molecule has 0 bridgehead atoms. The summed E-state index contributed by atoms with van der Waals surface area (Å²) >= 11 is 3.28. The molecule has 1 heterocycles. The van der Waals surface area contributed by atoms with Crippen LogP contribution < -0.4 is 0 Å². The summed E-state index contributed by atoms with van der Waals surface area (Å²) in [6, 6.07) is 6.49. The van der Waals surface area contributed by atoms with Crippen LogP contribution in [0.2, 0.25) is 0 Å². The lowest BCUT2D eigenvalue weighted by molar-refractivity contribution is -0.146. The van der Waals surface area contributed by atoms with E-state index in [-0.39, 0.29) is 23.3 Å². The maximum atomic E-state index is 12.5. The Morgan fingerprint density at radius 3 is 2.60 bits per heavy atom. The predicted molar refractivity (Wildman–Crippen MR) is 77.6 cm³/mol. The Bertz CT molecular complexity index is 585. The molecule has 1 fully saturated rings. The Hall–Kier alpha value is -0.920. The van der Waals surface area contributed by atoms with Crippen LogP contribution in [0.1, 0.15) is 12.8 Å². The van der Waals surface area contributed by atoms with E-state index in [9.17, 15) is 13.2 Å². The molecule has 1 aliphatic rings. The zero-order chi connectivity index (χ0) is 14.8. The summed E-state index contributed by atoms with van der Waals surface area (Å²) in [7, 11) is -2.22. The number of rotatable bonds is 3. The van der Waals surface area contributed by atoms with Crippen LogP contribution in [-0.4, -0.2) is 38.9 Å². The van der Waals surface area contributed by atoms with Gasteiger partial charge in [-0.2, -0.15) is 4.31 Å². The number of piperidine rings is 1. The molecule has 1 saturated heterocycles. The van der Waals surface area contributed by atoms with E-state index in [1.165, 1.54) is 11.4 Å². The number of sulfonamides is 1. The van der Waals surface area contributed by atoms with Gasteiger partial charge in [0.05, 0.1) is 17.9 Å². The normalized spacial score (nSPS) is 20.6. The number of halogens is 1. The Kier molecular flexibility index (Phi) is 4.82. The van der Waals surface area contributed by atoms with Crippen LogP contribution in [0.4, 0.5) is 0 Å². The van der Waals surface area contributed by atoms with Crippen LogP contribution in [-0.2, 0) is 19.6 Å². The van der Waals surface area contributed by atoms with Crippen LogP contribution in [0.25, 0.3) is 0 Å². The molecule has 0 spiro atoms. The van der Waals surface area contributed by atoms with Gasteiger partial charge in [-0.05, 0) is 37.1 Å². The van der Waals surface area contributed by atoms with Crippen molar-refractivity contribution in [2.45, 2.75) is 17.7 Å². The summed E-state index contributed by atoms with van der Waals surface area (Å²) in [6.07, 6.45) is 1.33. The lowest BCUT2D eigenvalue weighted by atomic mass is 10.0. The first-order chi connectivity index (χ1) is 9.45. The Labute approximate surface area is 127 Å². The lowest BCUT2D eigenvalue weighted by Crippen LogP contribution is -2.42. The molecule has 0 radical (unpaired) electrons. The number of carbonyl (C=O) groups excluding carboxylic acids is 1. The highest BCUT2D eigenvalue weighted by Gasteiger charge is 2.33. The zero-order valence-electron chi connectivity index (χ0n) is 11.1. The quantitative estimate of drug-likeness (QED) is 0.772. The third-order valence-electron chi connectivity index (χ3n) is 3.37. The van der Waals surface area contributed by atoms with E-state index in [0.717, 1.165) is 4.47 Å². The second-order valence-electron chi connectivity index (χ2n) is 4.68. The van der Waals surface area contributed by atoms with Crippen molar-refractivity contribution >= 4 is 31.9 Å². The van der Waals surface area contributed by atoms with Crippen molar-refractivity contribution in [3.8, 4) is 0 Å². The van der Waals surface area contributed by atoms with Crippen LogP contribution >= 0.6 is 15.9 Å². The van der Waals surface area contributed by atoms with Gasteiger partial charge >= 0.3 is 5.97 Å². The van der Waals surface area contributed by atoms with E-state index >= 15 is 0 Å². The van der Waals surface area contributed by atoms with E-state index < -0.39 is 10.0 Å². The van der Waals surface area contributed by atoms with Gasteiger partial charge in [0, 0.05) is 17.6 Å². The van der Waals surface area contributed by atoms with E-state index in [0.29, 0.717) is 19.4 Å². The second-order valence-corrected chi connectivity index (χ2v) is 7.53. The van der Waals surface area contributed by atoms with Crippen molar-refractivity contribution in [1.29, 1.82) is 0 Å². The molecule has 0 amide bonds. The highest BCUT2D eigenvalue weighted by molar-refractivity contribution is 9.10. The van der Waals surface area contributed by atoms with E-state index in [4.69, 9.17) is 4.74 Å². The standard InChI is InChI=1S/C13H16BrNO4S/c1-19-13(16)10-3-2-8-15(9-10)20(17,18)12-6-4-11(14)5-7-12/h4-7,10H,2-3,8-9H2,1H3/t10-/m0/s1. The Morgan fingerprint density at radius 2 is 2.00 bits per heavy atom. The summed E-state index contributed by atoms with van der Waals surface area (Å²) in [5, 5.41) is 0. The van der Waals surface area contributed by atoms with Gasteiger partial charge in [0.15, 0.2) is 0 Å². The van der Waals surface area contributed by atoms with Crippen molar-refractivity contribution in [2.24, 2.45) is 5.92 Å². The summed E-state index contributed by atoms with van der Waals surface area (Å²) in [4.78, 5) is 11.8. The molecule has 1 atom stereocenters. The Balaban J connectivity index is 2.21. The van der Waals surface area contributed by atoms with Crippen LogP contribution in [0.5, 0.6) is 0 Å². The molecular formula is C13H16BrNO4S. The molecule has 0 aliphatic carbocycles. The average Bonchev–Trinajstić information content (AvgIpc) is 2.47. The van der Waals surface area contributed by atoms with Gasteiger partial charge in [0.1, 0.15) is 0 Å². The summed E-state index contributed by atoms with van der Waals surface area (Å²) in [6.45, 7) is 0.622. The van der Waals surface area contributed by atoms with Crippen molar-refractivity contribution in [3.05, 3.63) is 28.7 Å². The number of ether oxygens (including phenoxy) is 1. The molecule has 1 aromatic carbocycles. The molecule has 20 heavy (non-hydrogen) atoms. The number of nitrogens with zero attached hydrogens (tertiary/aromatic N) is 1. The third-order valence-corrected chi connectivity index (χ3v) is 5.78. The van der Waals surface area contributed by atoms with Gasteiger partial charge in [0.2, 0.25) is 10.0 Å². The highest BCUT2D eigenvalue weighted by Crippen LogP contribution is 2.25. The van der Waals surface area contributed by atoms with Crippen LogP contribution in [0.15, 0.2) is 33.6 Å². The molecule has 1 aliphatic heterocycles.